The minimum atomic E-state index is -0.928. The maximum atomic E-state index is 10.7. The molecule has 0 amide bonds. The fourth-order valence-electron chi connectivity index (χ4n) is 1.93. The van der Waals surface area contributed by atoms with Gasteiger partial charge < -0.3 is 10.4 Å². The van der Waals surface area contributed by atoms with Gasteiger partial charge in [-0.15, -0.1) is 0 Å². The fraction of sp³-hybridized carbons (Fsp3) is 0.500. The predicted octanol–water partition coefficient (Wildman–Crippen LogP) is 0.575. The van der Waals surface area contributed by atoms with Crippen LogP contribution in [0.25, 0.3) is 0 Å². The third-order valence-corrected chi connectivity index (χ3v) is 2.89. The zero-order valence-electron chi connectivity index (χ0n) is 9.72. The maximum absolute atomic E-state index is 10.7. The van der Waals surface area contributed by atoms with Crippen LogP contribution in [0.1, 0.15) is 22.5 Å². The Kier molecular flexibility index (Phi) is 4.06. The van der Waals surface area contributed by atoms with E-state index in [0.29, 0.717) is 0 Å². The van der Waals surface area contributed by atoms with Gasteiger partial charge in [0.2, 0.25) is 0 Å². The molecular weight excluding hydrogens is 218 g/mol. The van der Waals surface area contributed by atoms with Gasteiger partial charge in [-0.3, -0.25) is 9.88 Å². The SMILES string of the molecule is O=C(O)c1ccc(CN2CCCNCC2)nc1. The summed E-state index contributed by atoms with van der Waals surface area (Å²) in [7, 11) is 0. The summed E-state index contributed by atoms with van der Waals surface area (Å²) in [5.74, 6) is -0.928. The van der Waals surface area contributed by atoms with E-state index in [1.54, 1.807) is 12.1 Å². The van der Waals surface area contributed by atoms with Crippen LogP contribution in [0, 0.1) is 0 Å². The highest BCUT2D eigenvalue weighted by Gasteiger charge is 2.10. The number of carboxylic acid groups (broad SMARTS) is 1. The Morgan fingerprint density at radius 2 is 2.29 bits per heavy atom. The number of nitrogens with one attached hydrogen (secondary N) is 1. The Bertz CT molecular complexity index is 370. The highest BCUT2D eigenvalue weighted by atomic mass is 16.4. The van der Waals surface area contributed by atoms with E-state index in [1.165, 1.54) is 6.20 Å². The van der Waals surface area contributed by atoms with Crippen molar-refractivity contribution in [2.24, 2.45) is 0 Å². The van der Waals surface area contributed by atoms with Gasteiger partial charge in [-0.1, -0.05) is 0 Å². The van der Waals surface area contributed by atoms with Gasteiger partial charge >= 0.3 is 5.97 Å². The molecule has 1 aromatic rings. The normalized spacial score (nSPS) is 17.6. The van der Waals surface area contributed by atoms with Gasteiger partial charge in [-0.2, -0.15) is 0 Å². The van der Waals surface area contributed by atoms with E-state index in [9.17, 15) is 4.79 Å². The number of rotatable bonds is 3. The fourth-order valence-corrected chi connectivity index (χ4v) is 1.93. The minimum Gasteiger partial charge on any atom is -0.478 e. The average Bonchev–Trinajstić information content (AvgIpc) is 2.58. The number of aromatic nitrogens is 1. The monoisotopic (exact) mass is 235 g/mol. The number of aromatic carboxylic acids is 1. The molecule has 0 aromatic carbocycles. The zero-order chi connectivity index (χ0) is 12.1. The molecule has 0 spiro atoms. The second-order valence-corrected chi connectivity index (χ2v) is 4.22. The number of carboxylic acids is 1. The summed E-state index contributed by atoms with van der Waals surface area (Å²) < 4.78 is 0. The second-order valence-electron chi connectivity index (χ2n) is 4.22. The molecule has 2 heterocycles. The van der Waals surface area contributed by atoms with Crippen LogP contribution in [0.5, 0.6) is 0 Å². The molecule has 0 unspecified atom stereocenters. The summed E-state index contributed by atoms with van der Waals surface area (Å²) in [5.41, 5.74) is 1.17. The number of pyridine rings is 1. The molecule has 1 aliphatic heterocycles. The molecule has 1 fully saturated rings. The van der Waals surface area contributed by atoms with Crippen LogP contribution in [-0.2, 0) is 6.54 Å². The number of nitrogens with zero attached hydrogens (tertiary/aromatic N) is 2. The van der Waals surface area contributed by atoms with Crippen molar-refractivity contribution in [3.8, 4) is 0 Å². The van der Waals surface area contributed by atoms with Gasteiger partial charge in [0.15, 0.2) is 0 Å². The van der Waals surface area contributed by atoms with Crippen LogP contribution in [0.15, 0.2) is 18.3 Å². The van der Waals surface area contributed by atoms with Gasteiger partial charge in [0, 0.05) is 25.8 Å². The summed E-state index contributed by atoms with van der Waals surface area (Å²) in [6.45, 7) is 4.95. The minimum absolute atomic E-state index is 0.242. The van der Waals surface area contributed by atoms with E-state index >= 15 is 0 Å². The predicted molar refractivity (Wildman–Crippen MR) is 64.0 cm³/mol. The quantitative estimate of drug-likeness (QED) is 0.802. The van der Waals surface area contributed by atoms with Crippen molar-refractivity contribution in [1.29, 1.82) is 0 Å². The van der Waals surface area contributed by atoms with Gasteiger partial charge in [0.25, 0.3) is 0 Å². The Labute approximate surface area is 100 Å². The molecule has 0 bridgehead atoms. The first-order chi connectivity index (χ1) is 8.25. The van der Waals surface area contributed by atoms with Crippen molar-refractivity contribution in [2.45, 2.75) is 13.0 Å². The van der Waals surface area contributed by atoms with Crippen LogP contribution >= 0.6 is 0 Å². The molecule has 0 radical (unpaired) electrons. The van der Waals surface area contributed by atoms with Crippen molar-refractivity contribution in [1.82, 2.24) is 15.2 Å². The zero-order valence-corrected chi connectivity index (χ0v) is 9.72. The van der Waals surface area contributed by atoms with Crippen LogP contribution in [-0.4, -0.2) is 47.1 Å². The van der Waals surface area contributed by atoms with Gasteiger partial charge in [0.05, 0.1) is 11.3 Å². The van der Waals surface area contributed by atoms with E-state index in [1.807, 2.05) is 0 Å². The van der Waals surface area contributed by atoms with Crippen molar-refractivity contribution < 1.29 is 9.90 Å². The topological polar surface area (TPSA) is 65.5 Å². The lowest BCUT2D eigenvalue weighted by atomic mass is 10.2. The van der Waals surface area contributed by atoms with E-state index < -0.39 is 5.97 Å². The van der Waals surface area contributed by atoms with Crippen LogP contribution in [0.3, 0.4) is 0 Å². The lowest BCUT2D eigenvalue weighted by Crippen LogP contribution is -2.28. The molecule has 92 valence electrons. The molecule has 0 atom stereocenters. The Hall–Kier alpha value is -1.46. The highest BCUT2D eigenvalue weighted by Crippen LogP contribution is 2.05. The molecule has 5 heteroatoms. The molecule has 0 aliphatic carbocycles. The first-order valence-corrected chi connectivity index (χ1v) is 5.87. The van der Waals surface area contributed by atoms with Crippen LogP contribution in [0.4, 0.5) is 0 Å². The number of carbonyl (C=O) groups is 1. The summed E-state index contributed by atoms with van der Waals surface area (Å²) in [6.07, 6.45) is 2.57. The third kappa shape index (κ3) is 3.51. The Morgan fingerprint density at radius 1 is 1.41 bits per heavy atom. The van der Waals surface area contributed by atoms with Crippen LogP contribution in [0.2, 0.25) is 0 Å². The summed E-state index contributed by atoms with van der Waals surface area (Å²) in [4.78, 5) is 17.2. The molecule has 17 heavy (non-hydrogen) atoms. The smallest absolute Gasteiger partial charge is 0.337 e. The summed E-state index contributed by atoms with van der Waals surface area (Å²) in [5, 5.41) is 12.1. The van der Waals surface area contributed by atoms with E-state index in [-0.39, 0.29) is 5.56 Å². The van der Waals surface area contributed by atoms with Crippen molar-refractivity contribution in [3.63, 3.8) is 0 Å². The lowest BCUT2D eigenvalue weighted by Gasteiger charge is -2.18. The molecule has 1 saturated heterocycles. The molecule has 2 rings (SSSR count). The molecule has 5 nitrogen and oxygen atoms in total. The largest absolute Gasteiger partial charge is 0.478 e. The van der Waals surface area contributed by atoms with Crippen LogP contribution < -0.4 is 5.32 Å². The van der Waals surface area contributed by atoms with Crippen molar-refractivity contribution in [2.75, 3.05) is 26.2 Å². The molecule has 2 N–H and O–H groups in total. The first kappa shape index (κ1) is 12.0. The van der Waals surface area contributed by atoms with Crippen molar-refractivity contribution >= 4 is 5.97 Å². The molecule has 0 saturated carbocycles. The lowest BCUT2D eigenvalue weighted by molar-refractivity contribution is 0.0696. The first-order valence-electron chi connectivity index (χ1n) is 5.87. The standard InChI is InChI=1S/C12H17N3O2/c16-12(17)10-2-3-11(14-8-10)9-15-6-1-4-13-5-7-15/h2-3,8,13H,1,4-7,9H2,(H,16,17). The highest BCUT2D eigenvalue weighted by molar-refractivity contribution is 5.87. The number of hydrogen-bond donors (Lipinski definition) is 2. The summed E-state index contributed by atoms with van der Waals surface area (Å²) in [6, 6.07) is 3.41. The summed E-state index contributed by atoms with van der Waals surface area (Å²) >= 11 is 0. The molecular formula is C12H17N3O2. The average molecular weight is 235 g/mol. The Morgan fingerprint density at radius 3 is 3.00 bits per heavy atom. The van der Waals surface area contributed by atoms with E-state index in [4.69, 9.17) is 5.11 Å². The van der Waals surface area contributed by atoms with E-state index in [0.717, 1.165) is 44.8 Å². The second kappa shape index (κ2) is 5.75. The van der Waals surface area contributed by atoms with E-state index in [2.05, 4.69) is 15.2 Å². The van der Waals surface area contributed by atoms with Gasteiger partial charge in [0.1, 0.15) is 0 Å². The molecule has 1 aliphatic rings. The van der Waals surface area contributed by atoms with Gasteiger partial charge in [-0.05, 0) is 31.6 Å². The molecule has 1 aromatic heterocycles. The van der Waals surface area contributed by atoms with Crippen molar-refractivity contribution in [3.05, 3.63) is 29.6 Å². The maximum Gasteiger partial charge on any atom is 0.337 e. The Balaban J connectivity index is 1.95. The van der Waals surface area contributed by atoms with Gasteiger partial charge in [-0.25, -0.2) is 4.79 Å². The number of hydrogen-bond acceptors (Lipinski definition) is 4. The third-order valence-electron chi connectivity index (χ3n) is 2.89.